The molecule has 0 spiro atoms. The Kier molecular flexibility index (Phi) is 5.75. The molecule has 0 bridgehead atoms. The monoisotopic (exact) mass is 273 g/mol. The number of benzene rings is 1. The van der Waals surface area contributed by atoms with Crippen LogP contribution in [0.4, 0.5) is 10.1 Å². The lowest BCUT2D eigenvalue weighted by Gasteiger charge is -2.14. The average Bonchev–Trinajstić information content (AvgIpc) is 2.30. The van der Waals surface area contributed by atoms with Crippen LogP contribution in [-0.2, 0) is 0 Å². The smallest absolute Gasteiger partial charge is 0.167 e. The van der Waals surface area contributed by atoms with Gasteiger partial charge in [-0.05, 0) is 25.8 Å². The molecule has 3 nitrogen and oxygen atoms in total. The van der Waals surface area contributed by atoms with Crippen molar-refractivity contribution >= 4 is 17.4 Å². The number of anilines is 1. The largest absolute Gasteiger partial charge is 0.488 e. The van der Waals surface area contributed by atoms with Crippen molar-refractivity contribution in [1.82, 2.24) is 0 Å². The fourth-order valence-electron chi connectivity index (χ4n) is 1.30. The second kappa shape index (κ2) is 6.85. The third-order valence-corrected chi connectivity index (χ3v) is 3.66. The van der Waals surface area contributed by atoms with Gasteiger partial charge in [0.25, 0.3) is 0 Å². The van der Waals surface area contributed by atoms with Crippen LogP contribution in [0.25, 0.3) is 0 Å². The molecule has 0 radical (unpaired) electrons. The van der Waals surface area contributed by atoms with E-state index >= 15 is 0 Å². The van der Waals surface area contributed by atoms with E-state index in [9.17, 15) is 4.39 Å². The Morgan fingerprint density at radius 1 is 1.39 bits per heavy atom. The van der Waals surface area contributed by atoms with E-state index in [1.54, 1.807) is 6.07 Å². The lowest BCUT2D eigenvalue weighted by atomic mass is 10.2. The topological polar surface area (TPSA) is 55.5 Å². The molecule has 102 valence electrons. The lowest BCUT2D eigenvalue weighted by molar-refractivity contribution is 0.230. The van der Waals surface area contributed by atoms with Crippen LogP contribution >= 0.6 is 11.8 Å². The summed E-state index contributed by atoms with van der Waals surface area (Å²) in [6.07, 6.45) is -0.0858. The van der Waals surface area contributed by atoms with Gasteiger partial charge in [-0.25, -0.2) is 4.39 Å². The summed E-state index contributed by atoms with van der Waals surface area (Å²) in [5.41, 5.74) is 6.17. The highest BCUT2D eigenvalue weighted by molar-refractivity contribution is 7.99. The number of nitrogen functional groups attached to an aromatic ring is 1. The molecule has 1 aromatic rings. The minimum atomic E-state index is -0.444. The number of hydrogen-bond donors (Lipinski definition) is 2. The van der Waals surface area contributed by atoms with Crippen molar-refractivity contribution < 1.29 is 14.2 Å². The molecule has 0 aliphatic carbocycles. The predicted molar refractivity (Wildman–Crippen MR) is 73.6 cm³/mol. The van der Waals surface area contributed by atoms with Gasteiger partial charge in [0.2, 0.25) is 0 Å². The Morgan fingerprint density at radius 3 is 2.61 bits per heavy atom. The minimum absolute atomic E-state index is 0.0858. The molecule has 1 rings (SSSR count). The first kappa shape index (κ1) is 15.1. The summed E-state index contributed by atoms with van der Waals surface area (Å²) in [7, 11) is 0. The van der Waals surface area contributed by atoms with Gasteiger partial charge in [0.05, 0.1) is 6.10 Å². The van der Waals surface area contributed by atoms with E-state index in [1.165, 1.54) is 17.8 Å². The number of ether oxygens (including phenoxy) is 1. The standard InChI is InChI=1S/C13H20FNO2S/c1-8(2)17-12-5-13(11(15)4-10(12)14)18-7-9(3)6-16/h4-5,8-9,16H,6-7,15H2,1-3H3. The van der Waals surface area contributed by atoms with Crippen LogP contribution in [0.1, 0.15) is 20.8 Å². The van der Waals surface area contributed by atoms with E-state index in [4.69, 9.17) is 15.6 Å². The summed E-state index contributed by atoms with van der Waals surface area (Å²) in [4.78, 5) is 0.785. The first-order valence-corrected chi connectivity index (χ1v) is 6.92. The van der Waals surface area contributed by atoms with Gasteiger partial charge in [-0.1, -0.05) is 6.92 Å². The van der Waals surface area contributed by atoms with Gasteiger partial charge >= 0.3 is 0 Å². The van der Waals surface area contributed by atoms with E-state index in [0.29, 0.717) is 5.69 Å². The third-order valence-electron chi connectivity index (χ3n) is 2.26. The van der Waals surface area contributed by atoms with Crippen molar-refractivity contribution in [3.63, 3.8) is 0 Å². The molecule has 0 aliphatic heterocycles. The van der Waals surface area contributed by atoms with Crippen molar-refractivity contribution in [2.45, 2.75) is 31.8 Å². The molecule has 5 heteroatoms. The Labute approximate surface area is 112 Å². The molecule has 1 atom stereocenters. The highest BCUT2D eigenvalue weighted by atomic mass is 32.2. The molecular formula is C13H20FNO2S. The van der Waals surface area contributed by atoms with Crippen LogP contribution in [-0.4, -0.2) is 23.6 Å². The maximum absolute atomic E-state index is 13.6. The molecule has 0 saturated carbocycles. The highest BCUT2D eigenvalue weighted by Crippen LogP contribution is 2.33. The predicted octanol–water partition coefficient (Wildman–Crippen LogP) is 2.92. The summed E-state index contributed by atoms with van der Waals surface area (Å²) in [6, 6.07) is 2.91. The van der Waals surface area contributed by atoms with E-state index in [0.717, 1.165) is 10.6 Å². The normalized spacial score (nSPS) is 12.8. The molecule has 0 aliphatic rings. The van der Waals surface area contributed by atoms with Crippen LogP contribution in [0.15, 0.2) is 17.0 Å². The molecular weight excluding hydrogens is 253 g/mol. The minimum Gasteiger partial charge on any atom is -0.488 e. The van der Waals surface area contributed by atoms with Gasteiger partial charge in [-0.3, -0.25) is 0 Å². The van der Waals surface area contributed by atoms with E-state index < -0.39 is 5.82 Å². The first-order chi connectivity index (χ1) is 8.43. The molecule has 0 amide bonds. The molecule has 0 fully saturated rings. The maximum atomic E-state index is 13.6. The summed E-state index contributed by atoms with van der Waals surface area (Å²) in [5.74, 6) is 0.681. The molecule has 1 unspecified atom stereocenters. The van der Waals surface area contributed by atoms with Gasteiger partial charge in [0.15, 0.2) is 11.6 Å². The molecule has 1 aromatic carbocycles. The van der Waals surface area contributed by atoms with Crippen LogP contribution in [0.2, 0.25) is 0 Å². The van der Waals surface area contributed by atoms with Crippen LogP contribution < -0.4 is 10.5 Å². The lowest BCUT2D eigenvalue weighted by Crippen LogP contribution is -2.08. The van der Waals surface area contributed by atoms with Gasteiger partial charge in [0, 0.05) is 29.0 Å². The maximum Gasteiger partial charge on any atom is 0.167 e. The molecule has 0 aromatic heterocycles. The van der Waals surface area contributed by atoms with Crippen molar-refractivity contribution in [1.29, 1.82) is 0 Å². The zero-order valence-corrected chi connectivity index (χ0v) is 11.8. The van der Waals surface area contributed by atoms with E-state index in [-0.39, 0.29) is 24.4 Å². The second-order valence-electron chi connectivity index (χ2n) is 4.59. The number of halogens is 1. The summed E-state index contributed by atoms with van der Waals surface area (Å²) in [5, 5.41) is 8.97. The molecule has 0 heterocycles. The SMILES string of the molecule is CC(CO)CSc1cc(OC(C)C)c(F)cc1N. The quantitative estimate of drug-likeness (QED) is 0.618. The van der Waals surface area contributed by atoms with Crippen LogP contribution in [0, 0.1) is 11.7 Å². The summed E-state index contributed by atoms with van der Waals surface area (Å²) >= 11 is 1.50. The second-order valence-corrected chi connectivity index (χ2v) is 5.65. The summed E-state index contributed by atoms with van der Waals surface area (Å²) < 4.78 is 19.0. The zero-order valence-electron chi connectivity index (χ0n) is 10.9. The van der Waals surface area contributed by atoms with E-state index in [1.807, 2.05) is 20.8 Å². The molecule has 18 heavy (non-hydrogen) atoms. The molecule has 3 N–H and O–H groups in total. The van der Waals surface area contributed by atoms with Crippen molar-refractivity contribution in [2.24, 2.45) is 5.92 Å². The number of aliphatic hydroxyl groups is 1. The van der Waals surface area contributed by atoms with Crippen molar-refractivity contribution in [3.8, 4) is 5.75 Å². The molecule has 0 saturated heterocycles. The fraction of sp³-hybridized carbons (Fsp3) is 0.538. The van der Waals surface area contributed by atoms with Crippen molar-refractivity contribution in [3.05, 3.63) is 17.9 Å². The summed E-state index contributed by atoms with van der Waals surface area (Å²) in [6.45, 7) is 5.76. The number of aliphatic hydroxyl groups excluding tert-OH is 1. The van der Waals surface area contributed by atoms with Crippen LogP contribution in [0.5, 0.6) is 5.75 Å². The van der Waals surface area contributed by atoms with Crippen molar-refractivity contribution in [2.75, 3.05) is 18.1 Å². The Balaban J connectivity index is 2.84. The highest BCUT2D eigenvalue weighted by Gasteiger charge is 2.12. The Hall–Kier alpha value is -0.940. The first-order valence-electron chi connectivity index (χ1n) is 5.93. The van der Waals surface area contributed by atoms with Gasteiger partial charge in [-0.15, -0.1) is 11.8 Å². The van der Waals surface area contributed by atoms with Crippen LogP contribution in [0.3, 0.4) is 0 Å². The number of rotatable bonds is 6. The average molecular weight is 273 g/mol. The number of hydrogen-bond acceptors (Lipinski definition) is 4. The Morgan fingerprint density at radius 2 is 2.06 bits per heavy atom. The fourth-order valence-corrected chi connectivity index (χ4v) is 2.29. The number of nitrogens with two attached hydrogens (primary N) is 1. The van der Waals surface area contributed by atoms with Gasteiger partial charge < -0.3 is 15.6 Å². The zero-order chi connectivity index (χ0) is 13.7. The Bertz CT molecular complexity index is 399. The van der Waals surface area contributed by atoms with Gasteiger partial charge in [-0.2, -0.15) is 0 Å². The number of thioether (sulfide) groups is 1. The van der Waals surface area contributed by atoms with E-state index in [2.05, 4.69) is 0 Å². The van der Waals surface area contributed by atoms with Gasteiger partial charge in [0.1, 0.15) is 0 Å². The third kappa shape index (κ3) is 4.38.